The molecule has 0 aromatic rings. The number of hydrogen-bond donors (Lipinski definition) is 1. The second-order valence-corrected chi connectivity index (χ2v) is 9.69. The van der Waals surface area contributed by atoms with Crippen LogP contribution in [-0.4, -0.2) is 34.3 Å². The van der Waals surface area contributed by atoms with Crippen LogP contribution < -0.4 is 0 Å². The monoisotopic (exact) mass is 359 g/mol. The molecule has 2 saturated carbocycles. The van der Waals surface area contributed by atoms with Crippen molar-refractivity contribution >= 4 is 11.7 Å². The normalized spacial score (nSPS) is 47.7. The zero-order chi connectivity index (χ0) is 18.9. The van der Waals surface area contributed by atoms with Crippen molar-refractivity contribution in [3.63, 3.8) is 0 Å². The van der Waals surface area contributed by atoms with E-state index >= 15 is 0 Å². The maximum absolute atomic E-state index is 12.4. The number of nitrogens with zero attached hydrogens (tertiary/aromatic N) is 1. The Morgan fingerprint density at radius 2 is 2.08 bits per heavy atom. The Morgan fingerprint density at radius 3 is 2.73 bits per heavy atom. The van der Waals surface area contributed by atoms with Gasteiger partial charge in [-0.1, -0.05) is 19.9 Å². The van der Waals surface area contributed by atoms with Gasteiger partial charge in [-0.15, -0.1) is 0 Å². The van der Waals surface area contributed by atoms with Gasteiger partial charge in [0.1, 0.15) is 5.78 Å². The molecule has 3 fully saturated rings. The minimum absolute atomic E-state index is 0.0664. The number of amides is 1. The topological polar surface area (TPSA) is 57.6 Å². The molecular weight excluding hydrogens is 326 g/mol. The van der Waals surface area contributed by atoms with E-state index in [9.17, 15) is 14.7 Å². The first-order valence-electron chi connectivity index (χ1n) is 10.4. The fourth-order valence-electron chi connectivity index (χ4n) is 7.60. The molecule has 0 aromatic heterocycles. The predicted molar refractivity (Wildman–Crippen MR) is 100 cm³/mol. The number of likely N-dealkylation sites (tertiary alicyclic amines) is 1. The van der Waals surface area contributed by atoms with Crippen molar-refractivity contribution in [1.82, 2.24) is 4.90 Å². The molecule has 26 heavy (non-hydrogen) atoms. The Bertz CT molecular complexity index is 670. The van der Waals surface area contributed by atoms with Crippen LogP contribution in [0.5, 0.6) is 0 Å². The van der Waals surface area contributed by atoms with Crippen LogP contribution >= 0.6 is 0 Å². The number of fused-ring (bicyclic) bond motifs is 5. The Hall–Kier alpha value is -1.16. The first-order chi connectivity index (χ1) is 12.2. The van der Waals surface area contributed by atoms with E-state index in [1.165, 1.54) is 0 Å². The molecule has 7 atom stereocenters. The summed E-state index contributed by atoms with van der Waals surface area (Å²) >= 11 is 0. The molecule has 4 heteroatoms. The molecule has 1 aliphatic heterocycles. The number of aliphatic hydroxyl groups excluding tert-OH is 1. The molecule has 4 aliphatic rings. The van der Waals surface area contributed by atoms with Gasteiger partial charge in [-0.25, -0.2) is 0 Å². The molecule has 1 heterocycles. The standard InChI is InChI=1S/C22H33NO3/c1-5-23-18-9-6-14-16-8-7-15(13(2)24)22(16,4)12-17(25)20(14)21(18,3)11-10-19(23)26/h9,14-17,20,25H,5-8,10-12H2,1-4H3/t14?,15-,16?,17+,20?,21+,22-/m1/s1. The molecule has 144 valence electrons. The zero-order valence-corrected chi connectivity index (χ0v) is 16.6. The minimum Gasteiger partial charge on any atom is -0.393 e. The summed E-state index contributed by atoms with van der Waals surface area (Å²) in [7, 11) is 0. The molecule has 0 bridgehead atoms. The van der Waals surface area contributed by atoms with Gasteiger partial charge in [0.2, 0.25) is 5.91 Å². The van der Waals surface area contributed by atoms with Crippen LogP contribution in [0.3, 0.4) is 0 Å². The van der Waals surface area contributed by atoms with Gasteiger partial charge in [-0.2, -0.15) is 0 Å². The van der Waals surface area contributed by atoms with Gasteiger partial charge in [0.25, 0.3) is 0 Å². The van der Waals surface area contributed by atoms with Crippen molar-refractivity contribution in [1.29, 1.82) is 0 Å². The number of hydrogen-bond acceptors (Lipinski definition) is 3. The van der Waals surface area contributed by atoms with Crippen LogP contribution in [0, 0.1) is 34.5 Å². The fourth-order valence-corrected chi connectivity index (χ4v) is 7.60. The molecule has 4 nitrogen and oxygen atoms in total. The highest BCUT2D eigenvalue weighted by atomic mass is 16.3. The van der Waals surface area contributed by atoms with Crippen LogP contribution in [0.4, 0.5) is 0 Å². The predicted octanol–water partition coefficient (Wildman–Crippen LogP) is 3.54. The van der Waals surface area contributed by atoms with Gasteiger partial charge in [-0.3, -0.25) is 9.59 Å². The van der Waals surface area contributed by atoms with Crippen molar-refractivity contribution in [3.05, 3.63) is 11.8 Å². The minimum atomic E-state index is -0.387. The van der Waals surface area contributed by atoms with E-state index in [-0.39, 0.29) is 34.7 Å². The van der Waals surface area contributed by atoms with Gasteiger partial charge in [0, 0.05) is 30.0 Å². The average molecular weight is 360 g/mol. The van der Waals surface area contributed by atoms with E-state index in [0.717, 1.165) is 37.8 Å². The van der Waals surface area contributed by atoms with Gasteiger partial charge in [0.15, 0.2) is 0 Å². The molecule has 4 rings (SSSR count). The lowest BCUT2D eigenvalue weighted by atomic mass is 9.48. The zero-order valence-electron chi connectivity index (χ0n) is 16.6. The fraction of sp³-hybridized carbons (Fsp3) is 0.818. The van der Waals surface area contributed by atoms with Crippen molar-refractivity contribution in [2.24, 2.45) is 34.5 Å². The van der Waals surface area contributed by atoms with Crippen LogP contribution in [0.25, 0.3) is 0 Å². The summed E-state index contributed by atoms with van der Waals surface area (Å²) in [6.45, 7) is 9.00. The first-order valence-corrected chi connectivity index (χ1v) is 10.4. The summed E-state index contributed by atoms with van der Waals surface area (Å²) in [5.74, 6) is 1.75. The van der Waals surface area contributed by atoms with Gasteiger partial charge in [0.05, 0.1) is 6.10 Å². The summed E-state index contributed by atoms with van der Waals surface area (Å²) in [5.41, 5.74) is 0.964. The first kappa shape index (κ1) is 18.2. The lowest BCUT2D eigenvalue weighted by Gasteiger charge is -2.60. The highest BCUT2D eigenvalue weighted by molar-refractivity contribution is 5.80. The smallest absolute Gasteiger partial charge is 0.226 e. The Morgan fingerprint density at radius 1 is 1.35 bits per heavy atom. The number of carbonyl (C=O) groups is 2. The van der Waals surface area contributed by atoms with Crippen molar-refractivity contribution in [2.75, 3.05) is 6.54 Å². The van der Waals surface area contributed by atoms with Crippen LogP contribution in [0.1, 0.15) is 66.2 Å². The van der Waals surface area contributed by atoms with Crippen molar-refractivity contribution in [3.8, 4) is 0 Å². The van der Waals surface area contributed by atoms with Crippen molar-refractivity contribution in [2.45, 2.75) is 72.3 Å². The molecule has 3 unspecified atom stereocenters. The summed E-state index contributed by atoms with van der Waals surface area (Å²) in [6.07, 6.45) is 7.06. The third-order valence-electron chi connectivity index (χ3n) is 8.61. The number of rotatable bonds is 2. The molecule has 0 aromatic carbocycles. The summed E-state index contributed by atoms with van der Waals surface area (Å²) < 4.78 is 0. The third-order valence-corrected chi connectivity index (χ3v) is 8.61. The van der Waals surface area contributed by atoms with E-state index in [0.29, 0.717) is 30.6 Å². The molecule has 0 radical (unpaired) electrons. The van der Waals surface area contributed by atoms with Gasteiger partial charge < -0.3 is 10.0 Å². The average Bonchev–Trinajstić information content (AvgIpc) is 2.91. The Kier molecular flexibility index (Phi) is 4.15. The van der Waals surface area contributed by atoms with Gasteiger partial charge >= 0.3 is 0 Å². The molecular formula is C22H33NO3. The van der Waals surface area contributed by atoms with Crippen LogP contribution in [0.15, 0.2) is 11.8 Å². The molecule has 1 saturated heterocycles. The van der Waals surface area contributed by atoms with Gasteiger partial charge in [-0.05, 0) is 69.1 Å². The number of Topliss-reactive ketones (excluding diaryl/α,β-unsaturated/α-hetero) is 1. The third kappa shape index (κ3) is 2.23. The highest BCUT2D eigenvalue weighted by Crippen LogP contribution is 2.66. The van der Waals surface area contributed by atoms with E-state index in [1.54, 1.807) is 6.92 Å². The lowest BCUT2D eigenvalue weighted by Crippen LogP contribution is -2.59. The second-order valence-electron chi connectivity index (χ2n) is 9.69. The van der Waals surface area contributed by atoms with Crippen LogP contribution in [0.2, 0.25) is 0 Å². The van der Waals surface area contributed by atoms with Crippen LogP contribution in [-0.2, 0) is 9.59 Å². The van der Waals surface area contributed by atoms with E-state index in [2.05, 4.69) is 19.9 Å². The number of carbonyl (C=O) groups excluding carboxylic acids is 2. The van der Waals surface area contributed by atoms with E-state index in [4.69, 9.17) is 0 Å². The molecule has 0 spiro atoms. The molecule has 1 N–H and O–H groups in total. The molecule has 1 amide bonds. The number of piperidine rings is 1. The van der Waals surface area contributed by atoms with Crippen molar-refractivity contribution < 1.29 is 14.7 Å². The Labute approximate surface area is 157 Å². The largest absolute Gasteiger partial charge is 0.393 e. The summed E-state index contributed by atoms with van der Waals surface area (Å²) in [5, 5.41) is 11.3. The second kappa shape index (κ2) is 5.92. The lowest BCUT2D eigenvalue weighted by molar-refractivity contribution is -0.151. The SMILES string of the molecule is CCN1C(=O)CC[C@@]2(C)C1=CCC1C2[C@@H](O)C[C@@]2(C)C1CC[C@@H]2C(C)=O. The number of allylic oxidation sites excluding steroid dienone is 2. The summed E-state index contributed by atoms with van der Waals surface area (Å²) in [4.78, 5) is 26.6. The quantitative estimate of drug-likeness (QED) is 0.820. The van der Waals surface area contributed by atoms with E-state index < -0.39 is 0 Å². The molecule has 3 aliphatic carbocycles. The highest BCUT2D eigenvalue weighted by Gasteiger charge is 2.63. The summed E-state index contributed by atoms with van der Waals surface area (Å²) in [6, 6.07) is 0. The Balaban J connectivity index is 1.74. The van der Waals surface area contributed by atoms with E-state index in [1.807, 2.05) is 11.8 Å². The number of ketones is 1. The number of aliphatic hydroxyl groups is 1. The maximum Gasteiger partial charge on any atom is 0.226 e. The maximum atomic E-state index is 12.4.